The Hall–Kier alpha value is -1.27. The zero-order chi connectivity index (χ0) is 8.97. The molecule has 3 heteroatoms. The van der Waals surface area contributed by atoms with Crippen LogP contribution in [-0.4, -0.2) is 5.91 Å². The van der Waals surface area contributed by atoms with Gasteiger partial charge in [-0.25, -0.2) is 0 Å². The van der Waals surface area contributed by atoms with Crippen LogP contribution in [0.15, 0.2) is 17.5 Å². The van der Waals surface area contributed by atoms with Crippen LogP contribution < -0.4 is 5.32 Å². The van der Waals surface area contributed by atoms with Crippen LogP contribution in [0.5, 0.6) is 0 Å². The highest BCUT2D eigenvalue weighted by atomic mass is 32.1. The summed E-state index contributed by atoms with van der Waals surface area (Å²) in [7, 11) is 0. The first-order valence-electron chi connectivity index (χ1n) is 3.54. The first-order valence-corrected chi connectivity index (χ1v) is 4.42. The van der Waals surface area contributed by atoms with Crippen molar-refractivity contribution in [1.82, 2.24) is 5.32 Å². The predicted octanol–water partition coefficient (Wildman–Crippen LogP) is 1.56. The monoisotopic (exact) mass is 179 g/mol. The largest absolute Gasteiger partial charge is 0.338 e. The van der Waals surface area contributed by atoms with Crippen molar-refractivity contribution < 1.29 is 4.79 Å². The zero-order valence-electron chi connectivity index (χ0n) is 6.70. The van der Waals surface area contributed by atoms with E-state index < -0.39 is 0 Å². The minimum absolute atomic E-state index is 0.00792. The van der Waals surface area contributed by atoms with Crippen LogP contribution in [0.4, 0.5) is 0 Å². The SMILES string of the molecule is C#CC(=O)N[C@@H](C)c1cccs1. The molecule has 0 saturated carbocycles. The van der Waals surface area contributed by atoms with E-state index in [1.807, 2.05) is 30.4 Å². The van der Waals surface area contributed by atoms with Crippen molar-refractivity contribution in [3.63, 3.8) is 0 Å². The summed E-state index contributed by atoms with van der Waals surface area (Å²) in [6.45, 7) is 1.90. The fourth-order valence-corrected chi connectivity index (χ4v) is 1.58. The Morgan fingerprint density at radius 2 is 2.58 bits per heavy atom. The molecule has 1 aromatic heterocycles. The Balaban J connectivity index is 2.57. The van der Waals surface area contributed by atoms with Crippen molar-refractivity contribution in [2.24, 2.45) is 0 Å². The standard InChI is InChI=1S/C9H9NOS/c1-3-9(11)10-7(2)8-5-4-6-12-8/h1,4-7H,2H3,(H,10,11)/t7-/m0/s1. The first kappa shape index (κ1) is 8.82. The summed E-state index contributed by atoms with van der Waals surface area (Å²) in [6, 6.07) is 3.92. The van der Waals surface area contributed by atoms with Crippen LogP contribution in [0.3, 0.4) is 0 Å². The maximum absolute atomic E-state index is 10.8. The minimum atomic E-state index is -0.365. The van der Waals surface area contributed by atoms with Crippen molar-refractivity contribution in [1.29, 1.82) is 0 Å². The van der Waals surface area contributed by atoms with E-state index in [1.54, 1.807) is 11.3 Å². The average Bonchev–Trinajstić information content (AvgIpc) is 2.56. The zero-order valence-corrected chi connectivity index (χ0v) is 7.52. The molecule has 1 heterocycles. The van der Waals surface area contributed by atoms with Gasteiger partial charge in [0.05, 0.1) is 6.04 Å². The fraction of sp³-hybridized carbons (Fsp3) is 0.222. The van der Waals surface area contributed by atoms with Gasteiger partial charge in [0.15, 0.2) is 0 Å². The normalized spacial score (nSPS) is 11.7. The predicted molar refractivity (Wildman–Crippen MR) is 49.7 cm³/mol. The third-order valence-corrected chi connectivity index (χ3v) is 2.50. The van der Waals surface area contributed by atoms with Gasteiger partial charge in [-0.2, -0.15) is 0 Å². The maximum Gasteiger partial charge on any atom is 0.296 e. The van der Waals surface area contributed by atoms with E-state index in [1.165, 1.54) is 0 Å². The third-order valence-electron chi connectivity index (χ3n) is 1.45. The highest BCUT2D eigenvalue weighted by molar-refractivity contribution is 7.10. The molecule has 0 unspecified atom stereocenters. The molecule has 0 fully saturated rings. The number of nitrogens with one attached hydrogen (secondary N) is 1. The van der Waals surface area contributed by atoms with E-state index in [0.717, 1.165) is 4.88 Å². The van der Waals surface area contributed by atoms with Gasteiger partial charge in [-0.1, -0.05) is 6.07 Å². The molecule has 1 aromatic rings. The number of terminal acetylenes is 1. The van der Waals surface area contributed by atoms with Crippen LogP contribution in [0.25, 0.3) is 0 Å². The first-order chi connectivity index (χ1) is 5.74. The van der Waals surface area contributed by atoms with Crippen LogP contribution in [0.1, 0.15) is 17.8 Å². The topological polar surface area (TPSA) is 29.1 Å². The van der Waals surface area contributed by atoms with Gasteiger partial charge in [-0.3, -0.25) is 4.79 Å². The van der Waals surface area contributed by atoms with Crippen LogP contribution in [0, 0.1) is 12.3 Å². The lowest BCUT2D eigenvalue weighted by Crippen LogP contribution is -2.24. The van der Waals surface area contributed by atoms with Crippen molar-refractivity contribution >= 4 is 17.2 Å². The number of thiophene rings is 1. The molecule has 0 aliphatic rings. The molecule has 0 spiro atoms. The van der Waals surface area contributed by atoms with E-state index in [0.29, 0.717) is 0 Å². The lowest BCUT2D eigenvalue weighted by Gasteiger charge is -2.08. The molecule has 0 aliphatic carbocycles. The van der Waals surface area contributed by atoms with E-state index in [9.17, 15) is 4.79 Å². The van der Waals surface area contributed by atoms with Crippen molar-refractivity contribution in [3.8, 4) is 12.3 Å². The van der Waals surface area contributed by atoms with Gasteiger partial charge in [0.25, 0.3) is 5.91 Å². The summed E-state index contributed by atoms with van der Waals surface area (Å²) in [5.41, 5.74) is 0. The average molecular weight is 179 g/mol. The Morgan fingerprint density at radius 3 is 3.08 bits per heavy atom. The molecular formula is C9H9NOS. The molecule has 2 nitrogen and oxygen atoms in total. The Kier molecular flexibility index (Phi) is 2.89. The van der Waals surface area contributed by atoms with Crippen LogP contribution in [-0.2, 0) is 4.79 Å². The Morgan fingerprint density at radius 1 is 1.83 bits per heavy atom. The maximum atomic E-state index is 10.8. The number of carbonyl (C=O) groups is 1. The summed E-state index contributed by atoms with van der Waals surface area (Å²) in [4.78, 5) is 11.9. The van der Waals surface area contributed by atoms with E-state index in [2.05, 4.69) is 5.32 Å². The van der Waals surface area contributed by atoms with Gasteiger partial charge in [-0.05, 0) is 24.3 Å². The molecule has 62 valence electrons. The third kappa shape index (κ3) is 2.11. The number of carbonyl (C=O) groups excluding carboxylic acids is 1. The molecule has 1 atom stereocenters. The number of amides is 1. The molecule has 1 rings (SSSR count). The molecule has 0 aromatic carbocycles. The summed E-state index contributed by atoms with van der Waals surface area (Å²) >= 11 is 1.60. The summed E-state index contributed by atoms with van der Waals surface area (Å²) in [5.74, 6) is 1.65. The highest BCUT2D eigenvalue weighted by Gasteiger charge is 2.07. The second-order valence-corrected chi connectivity index (χ2v) is 3.33. The second-order valence-electron chi connectivity index (χ2n) is 2.35. The van der Waals surface area contributed by atoms with Crippen molar-refractivity contribution in [2.45, 2.75) is 13.0 Å². The summed E-state index contributed by atoms with van der Waals surface area (Å²) < 4.78 is 0. The lowest BCUT2D eigenvalue weighted by atomic mass is 10.3. The molecular weight excluding hydrogens is 170 g/mol. The molecule has 0 saturated heterocycles. The van der Waals surface area contributed by atoms with Gasteiger partial charge < -0.3 is 5.32 Å². The smallest absolute Gasteiger partial charge is 0.296 e. The van der Waals surface area contributed by atoms with E-state index in [4.69, 9.17) is 6.42 Å². The van der Waals surface area contributed by atoms with E-state index in [-0.39, 0.29) is 11.9 Å². The van der Waals surface area contributed by atoms with Crippen molar-refractivity contribution in [3.05, 3.63) is 22.4 Å². The van der Waals surface area contributed by atoms with Gasteiger partial charge in [0.2, 0.25) is 0 Å². The van der Waals surface area contributed by atoms with Crippen LogP contribution in [0.2, 0.25) is 0 Å². The molecule has 1 N–H and O–H groups in total. The lowest BCUT2D eigenvalue weighted by molar-refractivity contribution is -0.116. The Labute approximate surface area is 75.6 Å². The summed E-state index contributed by atoms with van der Waals surface area (Å²) in [5, 5.41) is 4.63. The fourth-order valence-electron chi connectivity index (χ4n) is 0.847. The minimum Gasteiger partial charge on any atom is -0.338 e. The number of hydrogen-bond donors (Lipinski definition) is 1. The Bertz CT molecular complexity index is 297. The molecule has 0 aliphatic heterocycles. The van der Waals surface area contributed by atoms with E-state index >= 15 is 0 Å². The number of rotatable bonds is 2. The summed E-state index contributed by atoms with van der Waals surface area (Å²) in [6.07, 6.45) is 4.92. The highest BCUT2D eigenvalue weighted by Crippen LogP contribution is 2.17. The van der Waals surface area contributed by atoms with Gasteiger partial charge in [-0.15, -0.1) is 17.8 Å². The second kappa shape index (κ2) is 3.93. The van der Waals surface area contributed by atoms with Gasteiger partial charge in [0, 0.05) is 4.88 Å². The molecule has 1 amide bonds. The van der Waals surface area contributed by atoms with Crippen LogP contribution >= 0.6 is 11.3 Å². The van der Waals surface area contributed by atoms with Gasteiger partial charge >= 0.3 is 0 Å². The van der Waals surface area contributed by atoms with Crippen molar-refractivity contribution in [2.75, 3.05) is 0 Å². The quantitative estimate of drug-likeness (QED) is 0.686. The molecule has 12 heavy (non-hydrogen) atoms. The number of hydrogen-bond acceptors (Lipinski definition) is 2. The van der Waals surface area contributed by atoms with Gasteiger partial charge in [0.1, 0.15) is 0 Å². The molecule has 0 bridgehead atoms. The molecule has 0 radical (unpaired) electrons.